The minimum Gasteiger partial charge on any atom is -0.490 e. The van der Waals surface area contributed by atoms with E-state index in [9.17, 15) is 4.39 Å². The molecule has 26 heavy (non-hydrogen) atoms. The topological polar surface area (TPSA) is 48.9 Å². The van der Waals surface area contributed by atoms with Crippen LogP contribution in [0, 0.1) is 11.7 Å². The average molecular weight is 365 g/mol. The summed E-state index contributed by atoms with van der Waals surface area (Å²) in [6.45, 7) is 10.2. The molecule has 0 radical (unpaired) electrons. The Labute approximate surface area is 157 Å². The van der Waals surface area contributed by atoms with Gasteiger partial charge in [0.15, 0.2) is 17.5 Å². The summed E-state index contributed by atoms with van der Waals surface area (Å²) in [5.41, 5.74) is 0.873. The Balaban J connectivity index is 1.93. The second-order valence-electron chi connectivity index (χ2n) is 6.97. The molecule has 146 valence electrons. The van der Waals surface area contributed by atoms with Crippen molar-refractivity contribution in [3.05, 3.63) is 29.6 Å². The van der Waals surface area contributed by atoms with Crippen LogP contribution in [-0.4, -0.2) is 50.7 Å². The van der Waals surface area contributed by atoms with Crippen molar-refractivity contribution < 1.29 is 9.13 Å². The van der Waals surface area contributed by atoms with Crippen LogP contribution < -0.4 is 15.4 Å². The van der Waals surface area contributed by atoms with Crippen molar-refractivity contribution in [1.29, 1.82) is 0 Å². The monoisotopic (exact) mass is 364 g/mol. The van der Waals surface area contributed by atoms with Crippen molar-refractivity contribution in [2.75, 3.05) is 39.8 Å². The molecule has 0 bridgehead atoms. The molecule has 0 aliphatic heterocycles. The molecule has 6 heteroatoms. The number of hydrogen-bond acceptors (Lipinski definition) is 3. The van der Waals surface area contributed by atoms with Crippen molar-refractivity contribution in [3.8, 4) is 5.75 Å². The van der Waals surface area contributed by atoms with E-state index in [4.69, 9.17) is 4.74 Å². The van der Waals surface area contributed by atoms with Gasteiger partial charge in [0.1, 0.15) is 0 Å². The average Bonchev–Trinajstić information content (AvgIpc) is 3.44. The molecule has 0 heterocycles. The summed E-state index contributed by atoms with van der Waals surface area (Å²) >= 11 is 0. The highest BCUT2D eigenvalue weighted by Crippen LogP contribution is 2.30. The Morgan fingerprint density at radius 2 is 2.15 bits per heavy atom. The minimum absolute atomic E-state index is 0.0521. The summed E-state index contributed by atoms with van der Waals surface area (Å²) in [5.74, 6) is 1.40. The summed E-state index contributed by atoms with van der Waals surface area (Å²) in [4.78, 5) is 6.81. The molecule has 1 aromatic rings. The molecule has 0 amide bonds. The summed E-state index contributed by atoms with van der Waals surface area (Å²) in [6.07, 6.45) is 2.39. The number of ether oxygens (including phenoxy) is 1. The summed E-state index contributed by atoms with van der Waals surface area (Å²) in [5, 5.41) is 6.59. The zero-order valence-corrected chi connectivity index (χ0v) is 16.5. The van der Waals surface area contributed by atoms with Gasteiger partial charge in [-0.1, -0.05) is 13.0 Å². The number of likely N-dealkylation sites (N-methyl/N-ethyl adjacent to an activating group) is 1. The Hall–Kier alpha value is -1.82. The lowest BCUT2D eigenvalue weighted by atomic mass is 10.1. The van der Waals surface area contributed by atoms with Gasteiger partial charge in [0.25, 0.3) is 0 Å². The Morgan fingerprint density at radius 3 is 2.77 bits per heavy atom. The van der Waals surface area contributed by atoms with Crippen molar-refractivity contribution in [2.45, 2.75) is 39.7 Å². The van der Waals surface area contributed by atoms with E-state index in [0.717, 1.165) is 31.2 Å². The molecule has 1 saturated carbocycles. The molecule has 5 nitrogen and oxygen atoms in total. The summed E-state index contributed by atoms with van der Waals surface area (Å²) < 4.78 is 19.9. The number of rotatable bonds is 10. The molecular formula is C20H33FN4O. The van der Waals surface area contributed by atoms with E-state index in [0.29, 0.717) is 24.8 Å². The molecule has 1 fully saturated rings. The van der Waals surface area contributed by atoms with Crippen molar-refractivity contribution in [2.24, 2.45) is 10.9 Å². The van der Waals surface area contributed by atoms with E-state index in [1.165, 1.54) is 12.8 Å². The van der Waals surface area contributed by atoms with Gasteiger partial charge in [0.2, 0.25) is 0 Å². The van der Waals surface area contributed by atoms with Crippen LogP contribution in [0.25, 0.3) is 0 Å². The zero-order chi connectivity index (χ0) is 18.9. The highest BCUT2D eigenvalue weighted by Gasteiger charge is 2.22. The molecule has 1 aromatic carbocycles. The predicted octanol–water partition coefficient (Wildman–Crippen LogP) is 3.18. The van der Waals surface area contributed by atoms with Gasteiger partial charge in [-0.15, -0.1) is 0 Å². The molecule has 1 aliphatic rings. The lowest BCUT2D eigenvalue weighted by Crippen LogP contribution is -2.39. The lowest BCUT2D eigenvalue weighted by Gasteiger charge is -2.19. The smallest absolute Gasteiger partial charge is 0.191 e. The number of benzene rings is 1. The van der Waals surface area contributed by atoms with Gasteiger partial charge in [-0.3, -0.25) is 4.99 Å². The number of aliphatic imine (C=N–C) groups is 1. The SMILES string of the molecule is CCNC(=NCCN(C)CC)NC(C)c1ccc(OCC2CC2)c(F)c1. The van der Waals surface area contributed by atoms with Gasteiger partial charge < -0.3 is 20.3 Å². The standard InChI is InChI=1S/C20H33FN4O/c1-5-22-20(23-11-12-25(4)6-2)24-15(3)17-9-10-19(18(21)13-17)26-14-16-7-8-16/h9-10,13,15-16H,5-8,11-12,14H2,1-4H3,(H2,22,23,24). The van der Waals surface area contributed by atoms with Crippen molar-refractivity contribution in [3.63, 3.8) is 0 Å². The maximum absolute atomic E-state index is 14.3. The van der Waals surface area contributed by atoms with Crippen LogP contribution in [0.4, 0.5) is 4.39 Å². The largest absolute Gasteiger partial charge is 0.490 e. The highest BCUT2D eigenvalue weighted by molar-refractivity contribution is 5.80. The first-order valence-corrected chi connectivity index (χ1v) is 9.69. The van der Waals surface area contributed by atoms with Crippen molar-refractivity contribution in [1.82, 2.24) is 15.5 Å². The van der Waals surface area contributed by atoms with Gasteiger partial charge in [-0.25, -0.2) is 4.39 Å². The Kier molecular flexibility index (Phi) is 8.16. The maximum Gasteiger partial charge on any atom is 0.191 e. The third-order valence-corrected chi connectivity index (χ3v) is 4.62. The van der Waals surface area contributed by atoms with E-state index in [-0.39, 0.29) is 11.9 Å². The maximum atomic E-state index is 14.3. The van der Waals surface area contributed by atoms with Gasteiger partial charge in [-0.2, -0.15) is 0 Å². The molecule has 0 aromatic heterocycles. The van der Waals surface area contributed by atoms with Crippen LogP contribution >= 0.6 is 0 Å². The van der Waals surface area contributed by atoms with Gasteiger partial charge in [-0.05, 0) is 63.9 Å². The van der Waals surface area contributed by atoms with Gasteiger partial charge in [0.05, 0.1) is 19.2 Å². The fourth-order valence-electron chi connectivity index (χ4n) is 2.49. The van der Waals surface area contributed by atoms with Gasteiger partial charge >= 0.3 is 0 Å². The molecule has 2 N–H and O–H groups in total. The molecule has 2 rings (SSSR count). The first-order valence-electron chi connectivity index (χ1n) is 9.69. The quantitative estimate of drug-likeness (QED) is 0.494. The van der Waals surface area contributed by atoms with Crippen LogP contribution in [0.5, 0.6) is 5.75 Å². The molecule has 1 unspecified atom stereocenters. The number of nitrogens with one attached hydrogen (secondary N) is 2. The molecule has 1 atom stereocenters. The third kappa shape index (κ3) is 6.83. The van der Waals surface area contributed by atoms with E-state index in [1.54, 1.807) is 12.1 Å². The second kappa shape index (κ2) is 10.4. The molecule has 1 aliphatic carbocycles. The first-order chi connectivity index (χ1) is 12.5. The van der Waals surface area contributed by atoms with Crippen LogP contribution in [0.2, 0.25) is 0 Å². The fourth-order valence-corrected chi connectivity index (χ4v) is 2.49. The van der Waals surface area contributed by atoms with Crippen LogP contribution in [0.3, 0.4) is 0 Å². The number of halogens is 1. The second-order valence-corrected chi connectivity index (χ2v) is 6.97. The van der Waals surface area contributed by atoms with E-state index in [2.05, 4.69) is 34.5 Å². The van der Waals surface area contributed by atoms with Crippen molar-refractivity contribution >= 4 is 5.96 Å². The first kappa shape index (κ1) is 20.5. The number of nitrogens with zero attached hydrogens (tertiary/aromatic N) is 2. The number of guanidine groups is 1. The summed E-state index contributed by atoms with van der Waals surface area (Å²) in [7, 11) is 2.08. The molecular weight excluding hydrogens is 331 g/mol. The van der Waals surface area contributed by atoms with E-state index >= 15 is 0 Å². The molecule has 0 saturated heterocycles. The van der Waals surface area contributed by atoms with Crippen LogP contribution in [0.15, 0.2) is 23.2 Å². The van der Waals surface area contributed by atoms with Crippen LogP contribution in [-0.2, 0) is 0 Å². The fraction of sp³-hybridized carbons (Fsp3) is 0.650. The molecule has 0 spiro atoms. The highest BCUT2D eigenvalue weighted by atomic mass is 19.1. The predicted molar refractivity (Wildman–Crippen MR) is 105 cm³/mol. The van der Waals surface area contributed by atoms with E-state index < -0.39 is 0 Å². The van der Waals surface area contributed by atoms with E-state index in [1.807, 2.05) is 19.9 Å². The third-order valence-electron chi connectivity index (χ3n) is 4.62. The number of hydrogen-bond donors (Lipinski definition) is 2. The summed E-state index contributed by atoms with van der Waals surface area (Å²) in [6, 6.07) is 5.14. The Morgan fingerprint density at radius 1 is 1.38 bits per heavy atom. The zero-order valence-electron chi connectivity index (χ0n) is 16.5. The van der Waals surface area contributed by atoms with Gasteiger partial charge in [0, 0.05) is 13.1 Å². The lowest BCUT2D eigenvalue weighted by molar-refractivity contribution is 0.285. The normalized spacial score (nSPS) is 15.8. The van der Waals surface area contributed by atoms with Crippen LogP contribution in [0.1, 0.15) is 45.2 Å². The minimum atomic E-state index is -0.302. The Bertz CT molecular complexity index is 589.